The number of rotatable bonds is 7. The normalized spacial score (nSPS) is 10.2. The molecule has 0 spiro atoms. The molecule has 0 fully saturated rings. The molecule has 132 valence electrons. The van der Waals surface area contributed by atoms with E-state index in [0.717, 1.165) is 17.7 Å². The lowest BCUT2D eigenvalue weighted by molar-refractivity contribution is -0.116. The molecule has 0 unspecified atom stereocenters. The first-order valence-corrected chi connectivity index (χ1v) is 8.55. The van der Waals surface area contributed by atoms with E-state index in [9.17, 15) is 9.59 Å². The highest BCUT2D eigenvalue weighted by Gasteiger charge is 2.07. The third kappa shape index (κ3) is 6.12. The molecule has 0 aromatic heterocycles. The third-order valence-electron chi connectivity index (χ3n) is 3.47. The number of hydrogen-bond donors (Lipinski definition) is 3. The van der Waals surface area contributed by atoms with Gasteiger partial charge in [-0.3, -0.25) is 9.59 Å². The van der Waals surface area contributed by atoms with Crippen LogP contribution in [-0.2, 0) is 9.59 Å². The first-order valence-electron chi connectivity index (χ1n) is 8.17. The number of anilines is 3. The molecule has 0 radical (unpaired) electrons. The molecule has 2 aromatic rings. The van der Waals surface area contributed by atoms with Crippen LogP contribution in [-0.4, -0.2) is 18.4 Å². The van der Waals surface area contributed by atoms with Crippen molar-refractivity contribution in [2.24, 2.45) is 0 Å². The van der Waals surface area contributed by atoms with E-state index in [0.29, 0.717) is 22.8 Å². The van der Waals surface area contributed by atoms with Crippen LogP contribution >= 0.6 is 11.6 Å². The van der Waals surface area contributed by atoms with Gasteiger partial charge in [-0.25, -0.2) is 0 Å². The molecule has 2 aromatic carbocycles. The minimum absolute atomic E-state index is 0.0482. The van der Waals surface area contributed by atoms with E-state index in [1.54, 1.807) is 18.2 Å². The quantitative estimate of drug-likeness (QED) is 0.684. The maximum absolute atomic E-state index is 12.1. The lowest BCUT2D eigenvalue weighted by Gasteiger charge is -2.12. The van der Waals surface area contributed by atoms with Crippen LogP contribution in [0.2, 0.25) is 5.02 Å². The zero-order valence-corrected chi connectivity index (χ0v) is 15.1. The van der Waals surface area contributed by atoms with E-state index in [-0.39, 0.29) is 18.4 Å². The van der Waals surface area contributed by atoms with Crippen LogP contribution in [0.25, 0.3) is 0 Å². The molecule has 5 nitrogen and oxygen atoms in total. The van der Waals surface area contributed by atoms with E-state index in [1.165, 1.54) is 0 Å². The van der Waals surface area contributed by atoms with Gasteiger partial charge >= 0.3 is 0 Å². The Hall–Kier alpha value is -2.53. The molecule has 3 N–H and O–H groups in total. The predicted octanol–water partition coefficient (Wildman–Crippen LogP) is 4.44. The largest absolute Gasteiger partial charge is 0.375 e. The minimum atomic E-state index is -0.179. The average Bonchev–Trinajstić information content (AvgIpc) is 2.55. The standard InChI is InChI=1S/C19H22ClN3O2/c1-3-5-18(24)22-15-8-9-16(20)17(11-15)21-12-19(25)23-14-7-4-6-13(2)10-14/h4,6-11,21H,3,5,12H2,1-2H3,(H,22,24)(H,23,25). The fourth-order valence-corrected chi connectivity index (χ4v) is 2.48. The monoisotopic (exact) mass is 359 g/mol. The van der Waals surface area contributed by atoms with Gasteiger partial charge in [0, 0.05) is 17.8 Å². The van der Waals surface area contributed by atoms with Crippen LogP contribution in [0, 0.1) is 6.92 Å². The second-order valence-electron chi connectivity index (χ2n) is 5.76. The summed E-state index contributed by atoms with van der Waals surface area (Å²) in [5.74, 6) is -0.227. The van der Waals surface area contributed by atoms with Gasteiger partial charge in [-0.05, 0) is 49.2 Å². The fourth-order valence-electron chi connectivity index (χ4n) is 2.29. The van der Waals surface area contributed by atoms with Gasteiger partial charge in [0.2, 0.25) is 11.8 Å². The van der Waals surface area contributed by atoms with Crippen molar-refractivity contribution in [2.75, 3.05) is 22.5 Å². The van der Waals surface area contributed by atoms with E-state index in [2.05, 4.69) is 16.0 Å². The number of benzene rings is 2. The van der Waals surface area contributed by atoms with Crippen LogP contribution in [0.15, 0.2) is 42.5 Å². The number of nitrogens with one attached hydrogen (secondary N) is 3. The van der Waals surface area contributed by atoms with E-state index < -0.39 is 0 Å². The van der Waals surface area contributed by atoms with Crippen molar-refractivity contribution in [1.29, 1.82) is 0 Å². The summed E-state index contributed by atoms with van der Waals surface area (Å²) >= 11 is 6.15. The van der Waals surface area contributed by atoms with Gasteiger partial charge in [0.05, 0.1) is 17.3 Å². The van der Waals surface area contributed by atoms with Crippen LogP contribution in [0.5, 0.6) is 0 Å². The Balaban J connectivity index is 1.95. The van der Waals surface area contributed by atoms with Gasteiger partial charge in [-0.1, -0.05) is 30.7 Å². The Labute approximate surface area is 152 Å². The van der Waals surface area contributed by atoms with Gasteiger partial charge in [0.1, 0.15) is 0 Å². The van der Waals surface area contributed by atoms with E-state index in [1.807, 2.05) is 38.1 Å². The van der Waals surface area contributed by atoms with Gasteiger partial charge in [0.25, 0.3) is 0 Å². The molecular formula is C19H22ClN3O2. The zero-order valence-electron chi connectivity index (χ0n) is 14.4. The molecule has 6 heteroatoms. The van der Waals surface area contributed by atoms with Crippen molar-refractivity contribution in [3.63, 3.8) is 0 Å². The second-order valence-corrected chi connectivity index (χ2v) is 6.17. The smallest absolute Gasteiger partial charge is 0.243 e. The Bertz CT molecular complexity index is 762. The van der Waals surface area contributed by atoms with E-state index >= 15 is 0 Å². The molecule has 0 aliphatic carbocycles. The summed E-state index contributed by atoms with van der Waals surface area (Å²) in [5, 5.41) is 9.11. The molecular weight excluding hydrogens is 338 g/mol. The molecule has 2 rings (SSSR count). The molecule has 0 bridgehead atoms. The maximum atomic E-state index is 12.1. The predicted molar refractivity (Wildman–Crippen MR) is 103 cm³/mol. The number of aryl methyl sites for hydroxylation is 1. The Kier molecular flexibility index (Phi) is 6.83. The first kappa shape index (κ1) is 18.8. The van der Waals surface area contributed by atoms with Crippen LogP contribution in [0.1, 0.15) is 25.3 Å². The first-order chi connectivity index (χ1) is 12.0. The molecule has 0 aliphatic heterocycles. The zero-order chi connectivity index (χ0) is 18.2. The summed E-state index contributed by atoms with van der Waals surface area (Å²) in [5.41, 5.74) is 3.06. The summed E-state index contributed by atoms with van der Waals surface area (Å²) in [6.07, 6.45) is 1.24. The average molecular weight is 360 g/mol. The van der Waals surface area contributed by atoms with Crippen molar-refractivity contribution in [3.05, 3.63) is 53.1 Å². The highest BCUT2D eigenvalue weighted by atomic mass is 35.5. The van der Waals surface area contributed by atoms with Crippen LogP contribution in [0.4, 0.5) is 17.1 Å². The minimum Gasteiger partial charge on any atom is -0.375 e. The second kappa shape index (κ2) is 9.08. The Morgan fingerprint density at radius 1 is 1.00 bits per heavy atom. The molecule has 0 heterocycles. The number of halogens is 1. The Morgan fingerprint density at radius 3 is 2.44 bits per heavy atom. The van der Waals surface area contributed by atoms with Crippen LogP contribution < -0.4 is 16.0 Å². The van der Waals surface area contributed by atoms with Crippen molar-refractivity contribution in [2.45, 2.75) is 26.7 Å². The van der Waals surface area contributed by atoms with Gasteiger partial charge < -0.3 is 16.0 Å². The molecule has 0 atom stereocenters. The number of hydrogen-bond acceptors (Lipinski definition) is 3. The molecule has 0 saturated carbocycles. The molecule has 0 saturated heterocycles. The van der Waals surface area contributed by atoms with Crippen molar-refractivity contribution in [1.82, 2.24) is 0 Å². The van der Waals surface area contributed by atoms with Crippen molar-refractivity contribution < 1.29 is 9.59 Å². The summed E-state index contributed by atoms with van der Waals surface area (Å²) in [4.78, 5) is 23.7. The summed E-state index contributed by atoms with van der Waals surface area (Å²) in [6.45, 7) is 3.98. The lowest BCUT2D eigenvalue weighted by Crippen LogP contribution is -2.22. The van der Waals surface area contributed by atoms with Gasteiger partial charge in [-0.15, -0.1) is 0 Å². The molecule has 25 heavy (non-hydrogen) atoms. The lowest BCUT2D eigenvalue weighted by atomic mass is 10.2. The van der Waals surface area contributed by atoms with Gasteiger partial charge in [0.15, 0.2) is 0 Å². The molecule has 2 amide bonds. The number of amides is 2. The van der Waals surface area contributed by atoms with E-state index in [4.69, 9.17) is 11.6 Å². The van der Waals surface area contributed by atoms with Crippen LogP contribution in [0.3, 0.4) is 0 Å². The fraction of sp³-hybridized carbons (Fsp3) is 0.263. The highest BCUT2D eigenvalue weighted by molar-refractivity contribution is 6.33. The SMILES string of the molecule is CCCC(=O)Nc1ccc(Cl)c(NCC(=O)Nc2cccc(C)c2)c1. The topological polar surface area (TPSA) is 70.2 Å². The summed E-state index contributed by atoms with van der Waals surface area (Å²) < 4.78 is 0. The van der Waals surface area contributed by atoms with Crippen molar-refractivity contribution >= 4 is 40.5 Å². The highest BCUT2D eigenvalue weighted by Crippen LogP contribution is 2.25. The maximum Gasteiger partial charge on any atom is 0.243 e. The van der Waals surface area contributed by atoms with Crippen molar-refractivity contribution in [3.8, 4) is 0 Å². The number of carbonyl (C=O) groups is 2. The Morgan fingerprint density at radius 2 is 1.72 bits per heavy atom. The number of carbonyl (C=O) groups excluding carboxylic acids is 2. The summed E-state index contributed by atoms with van der Waals surface area (Å²) in [7, 11) is 0. The summed E-state index contributed by atoms with van der Waals surface area (Å²) in [6, 6.07) is 12.7. The molecule has 0 aliphatic rings. The third-order valence-corrected chi connectivity index (χ3v) is 3.80. The van der Waals surface area contributed by atoms with Gasteiger partial charge in [-0.2, -0.15) is 0 Å².